The van der Waals surface area contributed by atoms with E-state index in [1.165, 1.54) is 17.7 Å². The third kappa shape index (κ3) is 5.74. The second kappa shape index (κ2) is 10.1. The van der Waals surface area contributed by atoms with E-state index in [4.69, 9.17) is 9.26 Å². The Morgan fingerprint density at radius 3 is 2.55 bits per heavy atom. The van der Waals surface area contributed by atoms with Crippen molar-refractivity contribution in [1.29, 1.82) is 0 Å². The second-order valence-corrected chi connectivity index (χ2v) is 8.56. The molecule has 0 bridgehead atoms. The Kier molecular flexibility index (Phi) is 7.01. The lowest BCUT2D eigenvalue weighted by Crippen LogP contribution is -2.41. The molecule has 0 N–H and O–H groups in total. The predicted molar refractivity (Wildman–Crippen MR) is 119 cm³/mol. The standard InChI is InChI=1S/C25H27F2N3O3/c1-16(2)17-3-5-18(6-4-17)25-28-23(33-29-25)9-10-24(31)30-13-11-20(12-14-30)32-22-8-7-19(26)15-21(22)27/h3-8,15-16,20H,9-14H2,1-2H3. The first-order chi connectivity index (χ1) is 15.9. The summed E-state index contributed by atoms with van der Waals surface area (Å²) in [4.78, 5) is 18.8. The molecule has 0 saturated carbocycles. The average Bonchev–Trinajstić information content (AvgIpc) is 3.29. The fourth-order valence-corrected chi connectivity index (χ4v) is 3.84. The minimum atomic E-state index is -0.719. The summed E-state index contributed by atoms with van der Waals surface area (Å²) in [5, 5.41) is 4.03. The van der Waals surface area contributed by atoms with E-state index in [0.717, 1.165) is 11.6 Å². The summed E-state index contributed by atoms with van der Waals surface area (Å²) in [6, 6.07) is 11.3. The van der Waals surface area contributed by atoms with Crippen LogP contribution in [0.1, 0.15) is 50.5 Å². The molecular formula is C25H27F2N3O3. The summed E-state index contributed by atoms with van der Waals surface area (Å²) in [5.41, 5.74) is 2.12. The number of halogens is 2. The highest BCUT2D eigenvalue weighted by atomic mass is 19.1. The van der Waals surface area contributed by atoms with Crippen LogP contribution in [-0.2, 0) is 11.2 Å². The first-order valence-electron chi connectivity index (χ1n) is 11.2. The molecule has 0 aliphatic carbocycles. The van der Waals surface area contributed by atoms with Crippen molar-refractivity contribution in [3.05, 3.63) is 65.6 Å². The van der Waals surface area contributed by atoms with E-state index in [0.29, 0.717) is 50.0 Å². The van der Waals surface area contributed by atoms with E-state index in [1.807, 2.05) is 12.1 Å². The number of nitrogens with zero attached hydrogens (tertiary/aromatic N) is 3. The van der Waals surface area contributed by atoms with Gasteiger partial charge in [0, 0.05) is 50.4 Å². The molecule has 0 spiro atoms. The fraction of sp³-hybridized carbons (Fsp3) is 0.400. The normalized spacial score (nSPS) is 14.6. The van der Waals surface area contributed by atoms with Gasteiger partial charge < -0.3 is 14.2 Å². The van der Waals surface area contributed by atoms with Gasteiger partial charge in [-0.1, -0.05) is 43.3 Å². The zero-order valence-corrected chi connectivity index (χ0v) is 18.8. The molecule has 0 unspecified atom stereocenters. The topological polar surface area (TPSA) is 68.5 Å². The largest absolute Gasteiger partial charge is 0.487 e. The van der Waals surface area contributed by atoms with E-state index >= 15 is 0 Å². The van der Waals surface area contributed by atoms with Crippen molar-refractivity contribution in [3.63, 3.8) is 0 Å². The summed E-state index contributed by atoms with van der Waals surface area (Å²) in [7, 11) is 0. The van der Waals surface area contributed by atoms with Gasteiger partial charge in [-0.25, -0.2) is 8.78 Å². The number of aryl methyl sites for hydroxylation is 1. The number of hydrogen-bond acceptors (Lipinski definition) is 5. The zero-order chi connectivity index (χ0) is 23.4. The van der Waals surface area contributed by atoms with Crippen LogP contribution in [0, 0.1) is 11.6 Å². The quantitative estimate of drug-likeness (QED) is 0.493. The van der Waals surface area contributed by atoms with Crippen molar-refractivity contribution in [2.75, 3.05) is 13.1 Å². The van der Waals surface area contributed by atoms with Crippen LogP contribution in [0.15, 0.2) is 47.0 Å². The number of piperidine rings is 1. The molecule has 6 nitrogen and oxygen atoms in total. The molecular weight excluding hydrogens is 428 g/mol. The molecule has 8 heteroatoms. The third-order valence-electron chi connectivity index (χ3n) is 5.84. The highest BCUT2D eigenvalue weighted by Gasteiger charge is 2.25. The molecule has 1 aromatic heterocycles. The van der Waals surface area contributed by atoms with Crippen molar-refractivity contribution in [2.24, 2.45) is 0 Å². The summed E-state index contributed by atoms with van der Waals surface area (Å²) in [5.74, 6) is 0.0669. The number of amides is 1. The summed E-state index contributed by atoms with van der Waals surface area (Å²) < 4.78 is 37.8. The Labute approximate surface area is 191 Å². The smallest absolute Gasteiger partial charge is 0.227 e. The van der Waals surface area contributed by atoms with Gasteiger partial charge in [0.05, 0.1) is 0 Å². The lowest BCUT2D eigenvalue weighted by atomic mass is 10.0. The number of aromatic nitrogens is 2. The highest BCUT2D eigenvalue weighted by molar-refractivity contribution is 5.76. The molecule has 1 amide bonds. The molecule has 1 fully saturated rings. The van der Waals surface area contributed by atoms with Crippen molar-refractivity contribution >= 4 is 5.91 Å². The maximum atomic E-state index is 13.8. The van der Waals surface area contributed by atoms with Gasteiger partial charge >= 0.3 is 0 Å². The monoisotopic (exact) mass is 455 g/mol. The number of benzene rings is 2. The van der Waals surface area contributed by atoms with Crippen LogP contribution >= 0.6 is 0 Å². The number of ether oxygens (including phenoxy) is 1. The Bertz CT molecular complexity index is 1090. The molecule has 2 heterocycles. The first kappa shape index (κ1) is 22.9. The molecule has 2 aromatic carbocycles. The van der Waals surface area contributed by atoms with Gasteiger partial charge in [-0.15, -0.1) is 0 Å². The van der Waals surface area contributed by atoms with E-state index in [1.54, 1.807) is 4.90 Å². The molecule has 4 rings (SSSR count). The lowest BCUT2D eigenvalue weighted by molar-refractivity contribution is -0.133. The van der Waals surface area contributed by atoms with Gasteiger partial charge in [-0.3, -0.25) is 4.79 Å². The van der Waals surface area contributed by atoms with Crippen LogP contribution in [0.2, 0.25) is 0 Å². The van der Waals surface area contributed by atoms with E-state index in [2.05, 4.69) is 36.1 Å². The van der Waals surface area contributed by atoms with E-state index < -0.39 is 11.6 Å². The molecule has 1 aliphatic heterocycles. The number of carbonyl (C=O) groups is 1. The van der Waals surface area contributed by atoms with Gasteiger partial charge in [0.2, 0.25) is 17.6 Å². The lowest BCUT2D eigenvalue weighted by Gasteiger charge is -2.32. The summed E-state index contributed by atoms with van der Waals surface area (Å²) in [6.45, 7) is 5.31. The molecule has 0 atom stereocenters. The van der Waals surface area contributed by atoms with Gasteiger partial charge in [0.15, 0.2) is 11.6 Å². The van der Waals surface area contributed by atoms with Crippen molar-refractivity contribution < 1.29 is 22.8 Å². The van der Waals surface area contributed by atoms with Crippen LogP contribution in [0.5, 0.6) is 5.75 Å². The van der Waals surface area contributed by atoms with Crippen molar-refractivity contribution in [2.45, 2.75) is 51.6 Å². The average molecular weight is 456 g/mol. The predicted octanol–water partition coefficient (Wildman–Crippen LogP) is 5.14. The van der Waals surface area contributed by atoms with Crippen LogP contribution in [0.25, 0.3) is 11.4 Å². The minimum absolute atomic E-state index is 0.00227. The first-order valence-corrected chi connectivity index (χ1v) is 11.2. The van der Waals surface area contributed by atoms with Crippen LogP contribution in [-0.4, -0.2) is 40.1 Å². The number of rotatable bonds is 7. The summed E-state index contributed by atoms with van der Waals surface area (Å²) >= 11 is 0. The maximum absolute atomic E-state index is 13.8. The molecule has 33 heavy (non-hydrogen) atoms. The molecule has 1 saturated heterocycles. The molecule has 3 aromatic rings. The van der Waals surface area contributed by atoms with Gasteiger partial charge in [0.1, 0.15) is 11.9 Å². The third-order valence-corrected chi connectivity index (χ3v) is 5.84. The highest BCUT2D eigenvalue weighted by Crippen LogP contribution is 2.24. The Balaban J connectivity index is 1.24. The Morgan fingerprint density at radius 2 is 1.88 bits per heavy atom. The van der Waals surface area contributed by atoms with Gasteiger partial charge in [-0.2, -0.15) is 4.98 Å². The molecule has 1 aliphatic rings. The SMILES string of the molecule is CC(C)c1ccc(-c2noc(CCC(=O)N3CCC(Oc4ccc(F)cc4F)CC3)n2)cc1. The summed E-state index contributed by atoms with van der Waals surface area (Å²) in [6.07, 6.45) is 1.59. The minimum Gasteiger partial charge on any atom is -0.487 e. The van der Waals surface area contributed by atoms with Gasteiger partial charge in [0.25, 0.3) is 0 Å². The number of hydrogen-bond donors (Lipinski definition) is 0. The van der Waals surface area contributed by atoms with Crippen LogP contribution in [0.3, 0.4) is 0 Å². The Morgan fingerprint density at radius 1 is 1.15 bits per heavy atom. The maximum Gasteiger partial charge on any atom is 0.227 e. The molecule has 0 radical (unpaired) electrons. The van der Waals surface area contributed by atoms with Crippen molar-refractivity contribution in [3.8, 4) is 17.1 Å². The van der Waals surface area contributed by atoms with Crippen LogP contribution in [0.4, 0.5) is 8.78 Å². The fourth-order valence-electron chi connectivity index (χ4n) is 3.84. The van der Waals surface area contributed by atoms with Crippen LogP contribution < -0.4 is 4.74 Å². The number of likely N-dealkylation sites (tertiary alicyclic amines) is 1. The second-order valence-electron chi connectivity index (χ2n) is 8.56. The van der Waals surface area contributed by atoms with Crippen molar-refractivity contribution in [1.82, 2.24) is 15.0 Å². The number of carbonyl (C=O) groups excluding carboxylic acids is 1. The van der Waals surface area contributed by atoms with Gasteiger partial charge in [-0.05, 0) is 23.6 Å². The zero-order valence-electron chi connectivity index (χ0n) is 18.8. The Hall–Kier alpha value is -3.29. The van der Waals surface area contributed by atoms with E-state index in [-0.39, 0.29) is 24.2 Å². The molecule has 174 valence electrons. The van der Waals surface area contributed by atoms with E-state index in [9.17, 15) is 13.6 Å².